The minimum absolute atomic E-state index is 0.0711. The van der Waals surface area contributed by atoms with Gasteiger partial charge in [-0.15, -0.1) is 0 Å². The van der Waals surface area contributed by atoms with Crippen LogP contribution in [0.4, 0.5) is 11.4 Å². The summed E-state index contributed by atoms with van der Waals surface area (Å²) in [7, 11) is -1.55. The summed E-state index contributed by atoms with van der Waals surface area (Å²) in [6.07, 6.45) is 0.120. The van der Waals surface area contributed by atoms with Gasteiger partial charge in [0, 0.05) is 35.3 Å². The summed E-state index contributed by atoms with van der Waals surface area (Å²) >= 11 is 1.40. The van der Waals surface area contributed by atoms with Gasteiger partial charge >= 0.3 is 0 Å². The number of methoxy groups -OCH3 is 1. The molecule has 0 N–H and O–H groups in total. The molecule has 2 aromatic carbocycles. The van der Waals surface area contributed by atoms with Crippen LogP contribution in [0.15, 0.2) is 47.5 Å². The smallest absolute Gasteiger partial charge is 0.252 e. The van der Waals surface area contributed by atoms with Crippen molar-refractivity contribution in [2.24, 2.45) is 4.99 Å². The Morgan fingerprint density at radius 3 is 2.59 bits per heavy atom. The van der Waals surface area contributed by atoms with Crippen molar-refractivity contribution < 1.29 is 17.9 Å². The van der Waals surface area contributed by atoms with E-state index >= 15 is 0 Å². The Morgan fingerprint density at radius 1 is 1.18 bits per heavy atom. The van der Waals surface area contributed by atoms with Crippen molar-refractivity contribution in [2.75, 3.05) is 41.5 Å². The fourth-order valence-electron chi connectivity index (χ4n) is 4.70. The molecule has 2 aliphatic rings. The summed E-state index contributed by atoms with van der Waals surface area (Å²) < 4.78 is 30.2. The Balaban J connectivity index is 1.68. The standard InChI is InChI=1S/C25H31N3O4S2/c1-5-27(6-2)19-11-12-20(17(3)13-19)28-21-15-34(30,31)16-23(21)33-25(28)26-24(29)14-18-9-7-8-10-22(18)32-4/h7-13,21,23H,5-6,14-16H2,1-4H3/t21-,23+/m1/s1. The number of carbonyl (C=O) groups is 1. The molecule has 2 heterocycles. The number of benzene rings is 2. The van der Waals surface area contributed by atoms with E-state index in [0.29, 0.717) is 10.9 Å². The third-order valence-corrected chi connectivity index (χ3v) is 9.60. The van der Waals surface area contributed by atoms with Gasteiger partial charge in [-0.2, -0.15) is 4.99 Å². The number of fused-ring (bicyclic) bond motifs is 1. The topological polar surface area (TPSA) is 79.3 Å². The van der Waals surface area contributed by atoms with Crippen LogP contribution in [0.2, 0.25) is 0 Å². The molecule has 0 saturated carbocycles. The number of hydrogen-bond acceptors (Lipinski definition) is 6. The van der Waals surface area contributed by atoms with Gasteiger partial charge in [-0.1, -0.05) is 30.0 Å². The second-order valence-corrected chi connectivity index (χ2v) is 12.0. The third kappa shape index (κ3) is 4.95. The minimum atomic E-state index is -3.13. The number of aliphatic imine (C=N–C) groups is 1. The molecule has 4 rings (SSSR count). The van der Waals surface area contributed by atoms with Crippen LogP contribution in [0.25, 0.3) is 0 Å². The first-order chi connectivity index (χ1) is 16.3. The summed E-state index contributed by atoms with van der Waals surface area (Å²) in [5, 5.41) is 0.438. The van der Waals surface area contributed by atoms with Crippen molar-refractivity contribution >= 4 is 44.0 Å². The Bertz CT molecular complexity index is 1210. The molecule has 9 heteroatoms. The zero-order valence-electron chi connectivity index (χ0n) is 20.0. The molecule has 0 aromatic heterocycles. The molecule has 0 radical (unpaired) electrons. The quantitative estimate of drug-likeness (QED) is 0.572. The first-order valence-electron chi connectivity index (χ1n) is 11.5. The van der Waals surface area contributed by atoms with Crippen molar-refractivity contribution in [1.82, 2.24) is 0 Å². The zero-order valence-corrected chi connectivity index (χ0v) is 21.7. The highest BCUT2D eigenvalue weighted by molar-refractivity contribution is 8.16. The van der Waals surface area contributed by atoms with Crippen LogP contribution in [0.3, 0.4) is 0 Å². The lowest BCUT2D eigenvalue weighted by molar-refractivity contribution is -0.117. The highest BCUT2D eigenvalue weighted by atomic mass is 32.2. The largest absolute Gasteiger partial charge is 0.496 e. The molecule has 2 aromatic rings. The average molecular weight is 502 g/mol. The Kier molecular flexibility index (Phi) is 7.23. The number of amides is 1. The van der Waals surface area contributed by atoms with Gasteiger partial charge in [-0.25, -0.2) is 8.42 Å². The van der Waals surface area contributed by atoms with Gasteiger partial charge in [0.1, 0.15) is 5.75 Å². The number of carbonyl (C=O) groups excluding carboxylic acids is 1. The maximum atomic E-state index is 13.0. The van der Waals surface area contributed by atoms with Crippen molar-refractivity contribution in [3.05, 3.63) is 53.6 Å². The number of para-hydroxylation sites is 1. The van der Waals surface area contributed by atoms with Gasteiger partial charge in [-0.3, -0.25) is 4.79 Å². The van der Waals surface area contributed by atoms with Crippen molar-refractivity contribution in [3.8, 4) is 5.75 Å². The minimum Gasteiger partial charge on any atom is -0.496 e. The monoisotopic (exact) mass is 501 g/mol. The van der Waals surface area contributed by atoms with Crippen LogP contribution in [-0.2, 0) is 21.1 Å². The van der Waals surface area contributed by atoms with Gasteiger partial charge in [0.25, 0.3) is 5.91 Å². The maximum Gasteiger partial charge on any atom is 0.252 e. The lowest BCUT2D eigenvalue weighted by atomic mass is 10.1. The third-order valence-electron chi connectivity index (χ3n) is 6.39. The van der Waals surface area contributed by atoms with E-state index in [1.54, 1.807) is 7.11 Å². The van der Waals surface area contributed by atoms with Crippen LogP contribution in [0, 0.1) is 6.92 Å². The highest BCUT2D eigenvalue weighted by Crippen LogP contribution is 2.42. The molecular weight excluding hydrogens is 470 g/mol. The highest BCUT2D eigenvalue weighted by Gasteiger charge is 2.49. The number of ether oxygens (including phenoxy) is 1. The van der Waals surface area contributed by atoms with Crippen LogP contribution in [0.1, 0.15) is 25.0 Å². The number of thioether (sulfide) groups is 1. The SMILES string of the molecule is CCN(CC)c1ccc(N2C(=NC(=O)Cc3ccccc3OC)S[C@H]3CS(=O)(=O)C[C@H]32)c(C)c1. The van der Waals surface area contributed by atoms with Gasteiger partial charge in [0.2, 0.25) is 0 Å². The predicted octanol–water partition coefficient (Wildman–Crippen LogP) is 3.69. The van der Waals surface area contributed by atoms with Crippen LogP contribution in [0.5, 0.6) is 5.75 Å². The summed E-state index contributed by atoms with van der Waals surface area (Å²) in [6, 6.07) is 13.4. The van der Waals surface area contributed by atoms with Gasteiger partial charge in [0.15, 0.2) is 15.0 Å². The normalized spacial score (nSPS) is 22.1. The van der Waals surface area contributed by atoms with E-state index in [4.69, 9.17) is 4.74 Å². The van der Waals surface area contributed by atoms with Crippen LogP contribution in [-0.4, -0.2) is 62.5 Å². The fraction of sp³-hybridized carbons (Fsp3) is 0.440. The first-order valence-corrected chi connectivity index (χ1v) is 14.2. The number of sulfone groups is 1. The Morgan fingerprint density at radius 2 is 1.91 bits per heavy atom. The van der Waals surface area contributed by atoms with Crippen LogP contribution < -0.4 is 14.5 Å². The average Bonchev–Trinajstić information content (AvgIpc) is 3.26. The lowest BCUT2D eigenvalue weighted by Crippen LogP contribution is -2.38. The molecule has 34 heavy (non-hydrogen) atoms. The van der Waals surface area contributed by atoms with Gasteiger partial charge in [-0.05, 0) is 50.6 Å². The van der Waals surface area contributed by atoms with E-state index in [1.807, 2.05) is 42.2 Å². The van der Waals surface area contributed by atoms with E-state index in [1.165, 1.54) is 11.8 Å². The van der Waals surface area contributed by atoms with Crippen molar-refractivity contribution in [3.63, 3.8) is 0 Å². The molecule has 2 saturated heterocycles. The van der Waals surface area contributed by atoms with E-state index in [9.17, 15) is 13.2 Å². The Hall–Kier alpha value is -2.52. The lowest BCUT2D eigenvalue weighted by Gasteiger charge is -2.28. The molecule has 2 aliphatic heterocycles. The summed E-state index contributed by atoms with van der Waals surface area (Å²) in [4.78, 5) is 21.7. The molecule has 0 unspecified atom stereocenters. The van der Waals surface area contributed by atoms with Crippen molar-refractivity contribution in [2.45, 2.75) is 38.5 Å². The summed E-state index contributed by atoms with van der Waals surface area (Å²) in [5.41, 5.74) is 3.83. The van der Waals surface area contributed by atoms with Crippen LogP contribution >= 0.6 is 11.8 Å². The zero-order chi connectivity index (χ0) is 24.5. The molecular formula is C25H31N3O4S2. The molecule has 182 valence electrons. The van der Waals surface area contributed by atoms with E-state index in [2.05, 4.69) is 35.9 Å². The van der Waals surface area contributed by atoms with E-state index < -0.39 is 9.84 Å². The molecule has 0 aliphatic carbocycles. The first kappa shape index (κ1) is 24.6. The molecule has 0 bridgehead atoms. The second-order valence-electron chi connectivity index (χ2n) is 8.59. The number of rotatable bonds is 7. The maximum absolute atomic E-state index is 13.0. The molecule has 0 spiro atoms. The molecule has 7 nitrogen and oxygen atoms in total. The summed E-state index contributed by atoms with van der Waals surface area (Å²) in [6.45, 7) is 8.08. The Labute approximate surface area is 206 Å². The number of amidine groups is 1. The van der Waals surface area contributed by atoms with Gasteiger partial charge in [0.05, 0.1) is 31.1 Å². The number of anilines is 2. The number of nitrogens with zero attached hydrogens (tertiary/aromatic N) is 3. The second kappa shape index (κ2) is 10.00. The van der Waals surface area contributed by atoms with Crippen molar-refractivity contribution in [1.29, 1.82) is 0 Å². The van der Waals surface area contributed by atoms with Gasteiger partial charge < -0.3 is 14.5 Å². The number of aryl methyl sites for hydroxylation is 1. The summed E-state index contributed by atoms with van der Waals surface area (Å²) in [5.74, 6) is 0.548. The number of hydrogen-bond donors (Lipinski definition) is 0. The fourth-order valence-corrected chi connectivity index (χ4v) is 8.62. The molecule has 1 amide bonds. The molecule has 2 atom stereocenters. The van der Waals surface area contributed by atoms with E-state index in [-0.39, 0.29) is 35.1 Å². The molecule has 2 fully saturated rings. The van der Waals surface area contributed by atoms with E-state index in [0.717, 1.165) is 35.6 Å². The predicted molar refractivity (Wildman–Crippen MR) is 140 cm³/mol.